The highest BCUT2D eigenvalue weighted by molar-refractivity contribution is 5.57. The number of nitriles is 1. The summed E-state index contributed by atoms with van der Waals surface area (Å²) in [6.07, 6.45) is -4.56. The molecule has 0 aliphatic heterocycles. The minimum Gasteiger partial charge on any atom is -0.356 e. The monoisotopic (exact) mass is 252 g/mol. The van der Waals surface area contributed by atoms with Gasteiger partial charge in [0.2, 0.25) is 0 Å². The van der Waals surface area contributed by atoms with E-state index in [1.54, 1.807) is 6.92 Å². The van der Waals surface area contributed by atoms with Gasteiger partial charge in [0.25, 0.3) is 0 Å². The third kappa shape index (κ3) is 3.14. The number of halogens is 3. The van der Waals surface area contributed by atoms with Crippen molar-refractivity contribution in [2.24, 2.45) is 0 Å². The van der Waals surface area contributed by atoms with Crippen LogP contribution in [0.3, 0.4) is 0 Å². The number of nitrogens with zero attached hydrogens (tertiary/aromatic N) is 1. The summed E-state index contributed by atoms with van der Waals surface area (Å²) in [6.45, 7) is 8.93. The third-order valence-corrected chi connectivity index (χ3v) is 2.26. The molecule has 5 heteroatoms. The number of alkyl halides is 3. The van der Waals surface area contributed by atoms with Crippen LogP contribution in [0.4, 0.5) is 18.9 Å². The molecule has 0 atom stereocenters. The average molecular weight is 252 g/mol. The molecule has 0 bridgehead atoms. The van der Waals surface area contributed by atoms with Crippen molar-refractivity contribution in [1.82, 2.24) is 0 Å². The highest BCUT2D eigenvalue weighted by atomic mass is 19.4. The fourth-order valence-electron chi connectivity index (χ4n) is 1.23. The molecule has 1 aromatic carbocycles. The van der Waals surface area contributed by atoms with Crippen molar-refractivity contribution in [2.75, 3.05) is 5.32 Å². The lowest BCUT2D eigenvalue weighted by atomic mass is 10.1. The van der Waals surface area contributed by atoms with E-state index in [0.29, 0.717) is 11.3 Å². The first-order chi connectivity index (χ1) is 8.25. The van der Waals surface area contributed by atoms with Crippen LogP contribution < -0.4 is 5.32 Å². The summed E-state index contributed by atoms with van der Waals surface area (Å²) in [5, 5.41) is 11.3. The van der Waals surface area contributed by atoms with Gasteiger partial charge in [0.1, 0.15) is 0 Å². The quantitative estimate of drug-likeness (QED) is 0.823. The maximum Gasteiger partial charge on any atom is 0.417 e. The molecule has 0 spiro atoms. The molecule has 1 N–H and O–H groups in total. The molecule has 1 rings (SSSR count). The maximum absolute atomic E-state index is 12.7. The van der Waals surface area contributed by atoms with Crippen molar-refractivity contribution >= 4 is 5.69 Å². The van der Waals surface area contributed by atoms with E-state index in [1.807, 2.05) is 0 Å². The van der Waals surface area contributed by atoms with E-state index < -0.39 is 17.3 Å². The lowest BCUT2D eigenvalue weighted by molar-refractivity contribution is -0.137. The van der Waals surface area contributed by atoms with Crippen molar-refractivity contribution in [3.8, 4) is 6.07 Å². The standard InChI is InChI=1S/C13H11F3N2/c1-8(2)9(3)18-11-5-4-10(7-17)12(6-11)13(14,15)16/h4-6,18H,1,3H2,2H3. The molecular weight excluding hydrogens is 241 g/mol. The summed E-state index contributed by atoms with van der Waals surface area (Å²) < 4.78 is 38.1. The number of hydrogen-bond donors (Lipinski definition) is 1. The van der Waals surface area contributed by atoms with Crippen LogP contribution in [0.1, 0.15) is 18.1 Å². The molecule has 0 radical (unpaired) electrons. The van der Waals surface area contributed by atoms with Gasteiger partial charge in [0, 0.05) is 11.4 Å². The van der Waals surface area contributed by atoms with Gasteiger partial charge in [-0.1, -0.05) is 13.2 Å². The van der Waals surface area contributed by atoms with Crippen LogP contribution in [0.25, 0.3) is 0 Å². The number of benzene rings is 1. The van der Waals surface area contributed by atoms with Gasteiger partial charge in [0.15, 0.2) is 0 Å². The van der Waals surface area contributed by atoms with E-state index in [0.717, 1.165) is 12.1 Å². The minimum absolute atomic E-state index is 0.217. The normalized spacial score (nSPS) is 10.6. The molecule has 0 aliphatic rings. The Morgan fingerprint density at radius 1 is 1.33 bits per heavy atom. The zero-order valence-corrected chi connectivity index (χ0v) is 9.73. The van der Waals surface area contributed by atoms with Gasteiger partial charge in [-0.2, -0.15) is 18.4 Å². The van der Waals surface area contributed by atoms with Crippen molar-refractivity contribution in [1.29, 1.82) is 5.26 Å². The molecule has 0 saturated heterocycles. The summed E-state index contributed by atoms with van der Waals surface area (Å²) in [7, 11) is 0. The first-order valence-electron chi connectivity index (χ1n) is 4.99. The van der Waals surface area contributed by atoms with E-state index in [2.05, 4.69) is 18.5 Å². The van der Waals surface area contributed by atoms with Crippen LogP contribution in [-0.2, 0) is 6.18 Å². The molecule has 0 aliphatic carbocycles. The van der Waals surface area contributed by atoms with Gasteiger partial charge < -0.3 is 5.32 Å². The highest BCUT2D eigenvalue weighted by Crippen LogP contribution is 2.33. The third-order valence-electron chi connectivity index (χ3n) is 2.26. The number of allylic oxidation sites excluding steroid dienone is 1. The first-order valence-corrected chi connectivity index (χ1v) is 4.99. The molecule has 0 amide bonds. The summed E-state index contributed by atoms with van der Waals surface area (Å²) in [4.78, 5) is 0. The predicted molar refractivity (Wildman–Crippen MR) is 63.7 cm³/mol. The van der Waals surface area contributed by atoms with Crippen LogP contribution in [0.2, 0.25) is 0 Å². The Bertz CT molecular complexity index is 536. The SMILES string of the molecule is C=C(C)C(=C)Nc1ccc(C#N)c(C(F)(F)F)c1. The molecule has 0 unspecified atom stereocenters. The molecule has 2 nitrogen and oxygen atoms in total. The molecular formula is C13H11F3N2. The van der Waals surface area contributed by atoms with E-state index in [1.165, 1.54) is 12.1 Å². The number of anilines is 1. The molecule has 0 fully saturated rings. The zero-order chi connectivity index (χ0) is 13.9. The van der Waals surface area contributed by atoms with Gasteiger partial charge in [-0.15, -0.1) is 0 Å². The van der Waals surface area contributed by atoms with E-state index in [4.69, 9.17) is 5.26 Å². The van der Waals surface area contributed by atoms with Gasteiger partial charge in [-0.25, -0.2) is 0 Å². The Morgan fingerprint density at radius 3 is 2.39 bits per heavy atom. The van der Waals surface area contributed by atoms with Crippen LogP contribution in [0.15, 0.2) is 42.6 Å². The molecule has 1 aromatic rings. The van der Waals surface area contributed by atoms with E-state index in [9.17, 15) is 13.2 Å². The van der Waals surface area contributed by atoms with Gasteiger partial charge in [-0.05, 0) is 30.7 Å². The van der Waals surface area contributed by atoms with Gasteiger partial charge >= 0.3 is 6.18 Å². The largest absolute Gasteiger partial charge is 0.417 e. The smallest absolute Gasteiger partial charge is 0.356 e. The van der Waals surface area contributed by atoms with Crippen molar-refractivity contribution in [3.63, 3.8) is 0 Å². The number of hydrogen-bond acceptors (Lipinski definition) is 2. The highest BCUT2D eigenvalue weighted by Gasteiger charge is 2.33. The Labute approximate surface area is 103 Å². The Hall–Kier alpha value is -2.22. The van der Waals surface area contributed by atoms with E-state index in [-0.39, 0.29) is 5.69 Å². The number of nitrogens with one attached hydrogen (secondary N) is 1. The Kier molecular flexibility index (Phi) is 3.82. The second kappa shape index (κ2) is 4.96. The maximum atomic E-state index is 12.7. The number of rotatable bonds is 3. The molecule has 18 heavy (non-hydrogen) atoms. The van der Waals surface area contributed by atoms with Crippen LogP contribution in [0, 0.1) is 11.3 Å². The topological polar surface area (TPSA) is 35.8 Å². The second-order valence-electron chi connectivity index (χ2n) is 3.75. The lowest BCUT2D eigenvalue weighted by Gasteiger charge is -2.13. The second-order valence-corrected chi connectivity index (χ2v) is 3.75. The lowest BCUT2D eigenvalue weighted by Crippen LogP contribution is -2.09. The summed E-state index contributed by atoms with van der Waals surface area (Å²) >= 11 is 0. The molecule has 0 heterocycles. The Balaban J connectivity index is 3.16. The van der Waals surface area contributed by atoms with Crippen LogP contribution in [0.5, 0.6) is 0 Å². The first kappa shape index (κ1) is 13.8. The molecule has 94 valence electrons. The predicted octanol–water partition coefficient (Wildman–Crippen LogP) is 4.08. The van der Waals surface area contributed by atoms with Crippen molar-refractivity contribution in [2.45, 2.75) is 13.1 Å². The zero-order valence-electron chi connectivity index (χ0n) is 9.73. The summed E-state index contributed by atoms with van der Waals surface area (Å²) in [6, 6.07) is 4.91. The Morgan fingerprint density at radius 2 is 1.94 bits per heavy atom. The molecule has 0 aromatic heterocycles. The molecule has 0 saturated carbocycles. The van der Waals surface area contributed by atoms with Gasteiger partial charge in [0.05, 0.1) is 17.2 Å². The van der Waals surface area contributed by atoms with Crippen molar-refractivity contribution < 1.29 is 13.2 Å². The van der Waals surface area contributed by atoms with E-state index >= 15 is 0 Å². The fraction of sp³-hybridized carbons (Fsp3) is 0.154. The van der Waals surface area contributed by atoms with Gasteiger partial charge in [-0.3, -0.25) is 0 Å². The minimum atomic E-state index is -4.56. The van der Waals surface area contributed by atoms with Crippen molar-refractivity contribution in [3.05, 3.63) is 53.8 Å². The fourth-order valence-corrected chi connectivity index (χ4v) is 1.23. The summed E-state index contributed by atoms with van der Waals surface area (Å²) in [5.41, 5.74) is -0.117. The van der Waals surface area contributed by atoms with Crippen LogP contribution in [-0.4, -0.2) is 0 Å². The summed E-state index contributed by atoms with van der Waals surface area (Å²) in [5.74, 6) is 0. The average Bonchev–Trinajstić information content (AvgIpc) is 2.27. The van der Waals surface area contributed by atoms with Crippen LogP contribution >= 0.6 is 0 Å².